The van der Waals surface area contributed by atoms with Crippen LogP contribution >= 0.6 is 0 Å². The minimum atomic E-state index is -0.650. The van der Waals surface area contributed by atoms with Crippen molar-refractivity contribution in [2.75, 3.05) is 19.7 Å². The van der Waals surface area contributed by atoms with Gasteiger partial charge in [-0.15, -0.1) is 0 Å². The van der Waals surface area contributed by atoms with E-state index in [-0.39, 0.29) is 12.6 Å². The maximum Gasteiger partial charge on any atom is 0.0967 e. The number of piperidine rings is 1. The quantitative estimate of drug-likeness (QED) is 0.891. The Morgan fingerprint density at radius 2 is 1.43 bits per heavy atom. The molecule has 0 aliphatic carbocycles. The van der Waals surface area contributed by atoms with Crippen molar-refractivity contribution in [1.29, 1.82) is 0 Å². The third-order valence-corrected chi connectivity index (χ3v) is 4.77. The number of aliphatic hydroxyl groups excluding tert-OH is 2. The molecule has 2 aromatic rings. The molecule has 1 saturated heterocycles. The lowest BCUT2D eigenvalue weighted by Gasteiger charge is -2.36. The van der Waals surface area contributed by atoms with Gasteiger partial charge in [-0.2, -0.15) is 0 Å². The van der Waals surface area contributed by atoms with Crippen molar-refractivity contribution in [3.63, 3.8) is 0 Å². The summed E-state index contributed by atoms with van der Waals surface area (Å²) in [5.41, 5.74) is 3.18. The van der Waals surface area contributed by atoms with E-state index in [1.807, 2.05) is 42.5 Å². The lowest BCUT2D eigenvalue weighted by molar-refractivity contribution is 0.00597. The minimum absolute atomic E-state index is 0.0123. The third kappa shape index (κ3) is 3.81. The van der Waals surface area contributed by atoms with Crippen molar-refractivity contribution in [3.05, 3.63) is 60.2 Å². The van der Waals surface area contributed by atoms with Crippen molar-refractivity contribution in [2.24, 2.45) is 0 Å². The van der Waals surface area contributed by atoms with Gasteiger partial charge in [0.05, 0.1) is 18.8 Å². The molecule has 0 saturated carbocycles. The van der Waals surface area contributed by atoms with E-state index in [0.29, 0.717) is 0 Å². The van der Waals surface area contributed by atoms with Crippen molar-refractivity contribution >= 4 is 0 Å². The minimum Gasteiger partial charge on any atom is -0.395 e. The molecule has 2 atom stereocenters. The van der Waals surface area contributed by atoms with Gasteiger partial charge in [0.2, 0.25) is 0 Å². The lowest BCUT2D eigenvalue weighted by Crippen LogP contribution is -2.45. The summed E-state index contributed by atoms with van der Waals surface area (Å²) in [6.07, 6.45) is 2.89. The standard InChI is InChI=1S/C20H25NO2/c22-15-19(21-13-5-2-6-14-21)20(23)18-11-9-17(10-12-18)16-7-3-1-4-8-16/h1,3-4,7-12,19-20,22-23H,2,5-6,13-15H2/t19-,20-/m1/s1. The summed E-state index contributed by atoms with van der Waals surface area (Å²) in [6, 6.07) is 18.0. The highest BCUT2D eigenvalue weighted by Gasteiger charge is 2.27. The fraction of sp³-hybridized carbons (Fsp3) is 0.400. The molecule has 2 aromatic carbocycles. The molecule has 1 heterocycles. The number of nitrogens with zero attached hydrogens (tertiary/aromatic N) is 1. The van der Waals surface area contributed by atoms with Gasteiger partial charge >= 0.3 is 0 Å². The Labute approximate surface area is 138 Å². The van der Waals surface area contributed by atoms with Crippen LogP contribution in [-0.2, 0) is 0 Å². The van der Waals surface area contributed by atoms with Crippen LogP contribution in [0.15, 0.2) is 54.6 Å². The summed E-state index contributed by atoms with van der Waals surface area (Å²) in [7, 11) is 0. The highest BCUT2D eigenvalue weighted by atomic mass is 16.3. The molecule has 122 valence electrons. The second kappa shape index (κ2) is 7.73. The number of hydrogen-bond acceptors (Lipinski definition) is 3. The Morgan fingerprint density at radius 1 is 0.826 bits per heavy atom. The van der Waals surface area contributed by atoms with E-state index >= 15 is 0 Å². The van der Waals surface area contributed by atoms with E-state index in [1.54, 1.807) is 0 Å². The topological polar surface area (TPSA) is 43.7 Å². The first-order valence-electron chi connectivity index (χ1n) is 8.48. The Balaban J connectivity index is 1.74. The van der Waals surface area contributed by atoms with E-state index in [4.69, 9.17) is 0 Å². The molecule has 1 aliphatic rings. The zero-order chi connectivity index (χ0) is 16.1. The van der Waals surface area contributed by atoms with Crippen LogP contribution in [0.1, 0.15) is 30.9 Å². The normalized spacial score (nSPS) is 18.5. The van der Waals surface area contributed by atoms with Crippen LogP contribution in [0.4, 0.5) is 0 Å². The van der Waals surface area contributed by atoms with E-state index in [0.717, 1.165) is 37.1 Å². The molecule has 0 radical (unpaired) electrons. The molecule has 0 bridgehead atoms. The molecule has 0 unspecified atom stereocenters. The Kier molecular flexibility index (Phi) is 5.44. The zero-order valence-corrected chi connectivity index (χ0v) is 13.4. The van der Waals surface area contributed by atoms with Crippen LogP contribution in [0.3, 0.4) is 0 Å². The molecular weight excluding hydrogens is 286 g/mol. The number of likely N-dealkylation sites (tertiary alicyclic amines) is 1. The molecule has 3 nitrogen and oxygen atoms in total. The van der Waals surface area contributed by atoms with Crippen molar-refractivity contribution < 1.29 is 10.2 Å². The predicted molar refractivity (Wildman–Crippen MR) is 93.1 cm³/mol. The summed E-state index contributed by atoms with van der Waals surface area (Å²) in [4.78, 5) is 2.22. The maximum atomic E-state index is 10.7. The second-order valence-electron chi connectivity index (χ2n) is 6.28. The average molecular weight is 311 g/mol. The highest BCUT2D eigenvalue weighted by molar-refractivity contribution is 5.63. The summed E-state index contributed by atoms with van der Waals surface area (Å²) in [6.45, 7) is 1.91. The zero-order valence-electron chi connectivity index (χ0n) is 13.4. The van der Waals surface area contributed by atoms with Crippen LogP contribution < -0.4 is 0 Å². The maximum absolute atomic E-state index is 10.7. The van der Waals surface area contributed by atoms with Crippen LogP contribution in [0, 0.1) is 0 Å². The number of hydrogen-bond donors (Lipinski definition) is 2. The third-order valence-electron chi connectivity index (χ3n) is 4.77. The molecular formula is C20H25NO2. The van der Waals surface area contributed by atoms with Gasteiger partial charge in [0.1, 0.15) is 0 Å². The first kappa shape index (κ1) is 16.2. The number of rotatable bonds is 5. The molecule has 1 aliphatic heterocycles. The van der Waals surface area contributed by atoms with E-state index in [9.17, 15) is 10.2 Å². The first-order valence-corrected chi connectivity index (χ1v) is 8.48. The summed E-state index contributed by atoms with van der Waals surface area (Å²) in [5, 5.41) is 20.4. The second-order valence-corrected chi connectivity index (χ2v) is 6.28. The summed E-state index contributed by atoms with van der Waals surface area (Å²) >= 11 is 0. The summed E-state index contributed by atoms with van der Waals surface area (Å²) in [5.74, 6) is 0. The Morgan fingerprint density at radius 3 is 2.04 bits per heavy atom. The predicted octanol–water partition coefficient (Wildman–Crippen LogP) is 3.23. The van der Waals surface area contributed by atoms with Gasteiger partial charge in [0.15, 0.2) is 0 Å². The molecule has 0 amide bonds. The van der Waals surface area contributed by atoms with Gasteiger partial charge < -0.3 is 10.2 Å². The fourth-order valence-electron chi connectivity index (χ4n) is 3.39. The average Bonchev–Trinajstić information content (AvgIpc) is 2.64. The SMILES string of the molecule is OC[C@H]([C@H](O)c1ccc(-c2ccccc2)cc1)N1CCCCC1. The number of aliphatic hydroxyl groups is 2. The summed E-state index contributed by atoms with van der Waals surface area (Å²) < 4.78 is 0. The van der Waals surface area contributed by atoms with Crippen LogP contribution in [0.5, 0.6) is 0 Å². The molecule has 0 spiro atoms. The largest absolute Gasteiger partial charge is 0.395 e. The van der Waals surface area contributed by atoms with E-state index < -0.39 is 6.10 Å². The van der Waals surface area contributed by atoms with Crippen LogP contribution in [-0.4, -0.2) is 40.9 Å². The van der Waals surface area contributed by atoms with Crippen molar-refractivity contribution in [3.8, 4) is 11.1 Å². The van der Waals surface area contributed by atoms with Crippen LogP contribution in [0.2, 0.25) is 0 Å². The van der Waals surface area contributed by atoms with Gasteiger partial charge in [-0.05, 0) is 42.6 Å². The molecule has 1 fully saturated rings. The van der Waals surface area contributed by atoms with Crippen molar-refractivity contribution in [2.45, 2.75) is 31.4 Å². The van der Waals surface area contributed by atoms with E-state index in [2.05, 4.69) is 17.0 Å². The molecule has 23 heavy (non-hydrogen) atoms. The Hall–Kier alpha value is -1.68. The molecule has 3 rings (SSSR count). The number of benzene rings is 2. The smallest absolute Gasteiger partial charge is 0.0967 e. The molecule has 3 heteroatoms. The van der Waals surface area contributed by atoms with Gasteiger partial charge in [-0.25, -0.2) is 0 Å². The molecule has 0 aromatic heterocycles. The van der Waals surface area contributed by atoms with Gasteiger partial charge in [-0.3, -0.25) is 4.90 Å². The first-order chi connectivity index (χ1) is 11.3. The molecule has 2 N–H and O–H groups in total. The fourth-order valence-corrected chi connectivity index (χ4v) is 3.39. The van der Waals surface area contributed by atoms with Gasteiger partial charge in [-0.1, -0.05) is 61.0 Å². The van der Waals surface area contributed by atoms with Gasteiger partial charge in [0.25, 0.3) is 0 Å². The van der Waals surface area contributed by atoms with E-state index in [1.165, 1.54) is 12.0 Å². The highest BCUT2D eigenvalue weighted by Crippen LogP contribution is 2.26. The lowest BCUT2D eigenvalue weighted by atomic mass is 9.96. The Bertz CT molecular complexity index is 591. The monoisotopic (exact) mass is 311 g/mol. The van der Waals surface area contributed by atoms with Gasteiger partial charge in [0, 0.05) is 0 Å². The van der Waals surface area contributed by atoms with Crippen LogP contribution in [0.25, 0.3) is 11.1 Å². The van der Waals surface area contributed by atoms with Crippen molar-refractivity contribution in [1.82, 2.24) is 4.90 Å².